The van der Waals surface area contributed by atoms with Crippen LogP contribution in [0.25, 0.3) is 16.5 Å². The summed E-state index contributed by atoms with van der Waals surface area (Å²) in [7, 11) is 2.00. The van der Waals surface area contributed by atoms with Crippen molar-refractivity contribution in [2.75, 3.05) is 13.6 Å². The fourth-order valence-electron chi connectivity index (χ4n) is 5.34. The molecule has 5 heteroatoms. The number of aromatic nitrogens is 1. The van der Waals surface area contributed by atoms with Gasteiger partial charge in [-0.2, -0.15) is 0 Å². The van der Waals surface area contributed by atoms with E-state index in [2.05, 4.69) is 24.8 Å². The number of rotatable bonds is 2. The van der Waals surface area contributed by atoms with E-state index in [1.807, 2.05) is 36.0 Å². The third kappa shape index (κ3) is 2.23. The maximum atomic E-state index is 13.4. The molecule has 5 rings (SSSR count). The van der Waals surface area contributed by atoms with Crippen molar-refractivity contribution in [3.05, 3.63) is 41.6 Å². The molecule has 1 saturated carbocycles. The number of nitrogens with zero attached hydrogens (tertiary/aromatic N) is 2. The molecule has 146 valence electrons. The van der Waals surface area contributed by atoms with Gasteiger partial charge in [-0.3, -0.25) is 19.1 Å². The molecule has 2 aliphatic carbocycles. The van der Waals surface area contributed by atoms with Gasteiger partial charge in [0.25, 0.3) is 0 Å². The molecule has 28 heavy (non-hydrogen) atoms. The van der Waals surface area contributed by atoms with Crippen LogP contribution in [0.3, 0.4) is 0 Å². The molecule has 1 aromatic carbocycles. The number of benzene rings is 1. The van der Waals surface area contributed by atoms with Crippen LogP contribution in [0.5, 0.6) is 0 Å². The van der Waals surface area contributed by atoms with Crippen LogP contribution < -0.4 is 0 Å². The van der Waals surface area contributed by atoms with Gasteiger partial charge in [0.2, 0.25) is 5.91 Å². The quantitative estimate of drug-likeness (QED) is 0.866. The summed E-state index contributed by atoms with van der Waals surface area (Å²) in [4.78, 5) is 27.2. The van der Waals surface area contributed by atoms with Crippen molar-refractivity contribution >= 4 is 28.4 Å². The van der Waals surface area contributed by atoms with Crippen molar-refractivity contribution in [3.63, 3.8) is 0 Å². The molecule has 2 aromatic rings. The maximum absolute atomic E-state index is 13.4. The van der Waals surface area contributed by atoms with Gasteiger partial charge < -0.3 is 5.11 Å². The van der Waals surface area contributed by atoms with Crippen LogP contribution in [0, 0.1) is 17.3 Å². The Morgan fingerprint density at radius 3 is 2.71 bits per heavy atom. The molecule has 0 saturated heterocycles. The maximum Gasteiger partial charge on any atom is 0.311 e. The van der Waals surface area contributed by atoms with E-state index in [4.69, 9.17) is 0 Å². The highest BCUT2D eigenvalue weighted by Gasteiger charge is 2.47. The van der Waals surface area contributed by atoms with Gasteiger partial charge in [0.05, 0.1) is 11.4 Å². The molecular weight excluding hydrogens is 352 g/mol. The van der Waals surface area contributed by atoms with Crippen molar-refractivity contribution in [2.24, 2.45) is 17.3 Å². The lowest BCUT2D eigenvalue weighted by Gasteiger charge is -2.43. The van der Waals surface area contributed by atoms with Gasteiger partial charge in [-0.05, 0) is 55.0 Å². The first-order chi connectivity index (χ1) is 13.3. The van der Waals surface area contributed by atoms with Gasteiger partial charge in [-0.25, -0.2) is 0 Å². The van der Waals surface area contributed by atoms with Crippen LogP contribution in [0.15, 0.2) is 30.5 Å². The molecule has 1 fully saturated rings. The zero-order valence-electron chi connectivity index (χ0n) is 16.6. The van der Waals surface area contributed by atoms with Crippen molar-refractivity contribution < 1.29 is 14.7 Å². The third-order valence-electron chi connectivity index (χ3n) is 7.60. The molecule has 3 aliphatic rings. The third-order valence-corrected chi connectivity index (χ3v) is 7.60. The zero-order valence-corrected chi connectivity index (χ0v) is 16.6. The number of hydrogen-bond donors (Lipinski definition) is 1. The van der Waals surface area contributed by atoms with Gasteiger partial charge in [-0.1, -0.05) is 32.1 Å². The molecule has 0 amide bonds. The van der Waals surface area contributed by atoms with Gasteiger partial charge in [0.15, 0.2) is 0 Å². The number of likely N-dealkylation sites (N-methyl/N-ethyl adjacent to an activating group) is 1. The standard InChI is InChI=1S/C23H26N2O3/c1-13-7-8-23(13,2)22(28)25-12-14-10-19-17(9-15(21(26)27)11-24(19)3)16-5-4-6-18(25)20(14)16/h4-6,9,12-13,15,19H,7-8,10-11H2,1-3H3,(H,26,27)/t13?,15-,19-,23?/m1/s1. The number of carbonyl (C=O) groups is 2. The summed E-state index contributed by atoms with van der Waals surface area (Å²) in [6, 6.07) is 6.25. The Morgan fingerprint density at radius 1 is 1.29 bits per heavy atom. The number of carboxylic acids is 1. The first kappa shape index (κ1) is 17.7. The molecule has 1 aliphatic heterocycles. The second-order valence-corrected chi connectivity index (χ2v) is 9.11. The first-order valence-corrected chi connectivity index (χ1v) is 10.1. The number of hydrogen-bond acceptors (Lipinski definition) is 3. The van der Waals surface area contributed by atoms with Gasteiger partial charge >= 0.3 is 5.97 Å². The van der Waals surface area contributed by atoms with E-state index in [1.54, 1.807) is 0 Å². The lowest BCUT2D eigenvalue weighted by atomic mass is 9.61. The smallest absolute Gasteiger partial charge is 0.311 e. The topological polar surface area (TPSA) is 62.5 Å². The van der Waals surface area contributed by atoms with Crippen LogP contribution in [0.2, 0.25) is 0 Å². The van der Waals surface area contributed by atoms with E-state index in [0.717, 1.165) is 41.3 Å². The Kier molecular flexibility index (Phi) is 3.66. The fraction of sp³-hybridized carbons (Fsp3) is 0.478. The highest BCUT2D eigenvalue weighted by molar-refractivity contribution is 6.04. The lowest BCUT2D eigenvalue weighted by Crippen LogP contribution is -2.45. The Bertz CT molecular complexity index is 1050. The summed E-state index contributed by atoms with van der Waals surface area (Å²) in [5.41, 5.74) is 4.03. The lowest BCUT2D eigenvalue weighted by molar-refractivity contribution is -0.140. The van der Waals surface area contributed by atoms with Crippen LogP contribution in [-0.4, -0.2) is 46.1 Å². The van der Waals surface area contributed by atoms with Gasteiger partial charge in [0.1, 0.15) is 0 Å². The molecule has 5 nitrogen and oxygen atoms in total. The molecular formula is C23H26N2O3. The first-order valence-electron chi connectivity index (χ1n) is 10.1. The summed E-state index contributed by atoms with van der Waals surface area (Å²) in [5.74, 6) is -0.681. The van der Waals surface area contributed by atoms with E-state index in [0.29, 0.717) is 12.5 Å². The van der Waals surface area contributed by atoms with Crippen molar-refractivity contribution in [2.45, 2.75) is 39.2 Å². The molecule has 4 atom stereocenters. The summed E-state index contributed by atoms with van der Waals surface area (Å²) in [5, 5.41) is 10.7. The van der Waals surface area contributed by atoms with Gasteiger partial charge in [-0.15, -0.1) is 0 Å². The van der Waals surface area contributed by atoms with E-state index >= 15 is 0 Å². The molecule has 2 unspecified atom stereocenters. The summed E-state index contributed by atoms with van der Waals surface area (Å²) < 4.78 is 1.87. The Morgan fingerprint density at radius 2 is 2.07 bits per heavy atom. The van der Waals surface area contributed by atoms with Crippen molar-refractivity contribution in [1.29, 1.82) is 0 Å². The summed E-state index contributed by atoms with van der Waals surface area (Å²) >= 11 is 0. The highest BCUT2D eigenvalue weighted by atomic mass is 16.4. The molecule has 0 bridgehead atoms. The summed E-state index contributed by atoms with van der Waals surface area (Å²) in [6.07, 6.45) is 6.84. The second-order valence-electron chi connectivity index (χ2n) is 9.11. The minimum atomic E-state index is -0.782. The Labute approximate surface area is 164 Å². The average molecular weight is 378 g/mol. The second kappa shape index (κ2) is 5.80. The minimum absolute atomic E-state index is 0.165. The number of fused-ring (bicyclic) bond motifs is 2. The SMILES string of the molecule is CC1CCC1(C)C(=O)n1cc2c3c(cccc31)C1=C[C@@H](C(=O)O)CN(C)[C@@H]1C2. The van der Waals surface area contributed by atoms with Crippen LogP contribution in [0.1, 0.15) is 42.6 Å². The van der Waals surface area contributed by atoms with Crippen molar-refractivity contribution in [3.8, 4) is 0 Å². The number of aliphatic carboxylic acids is 1. The predicted molar refractivity (Wildman–Crippen MR) is 108 cm³/mol. The number of carbonyl (C=O) groups excluding carboxylic acids is 1. The molecule has 1 aromatic heterocycles. The molecule has 0 radical (unpaired) electrons. The van der Waals surface area contributed by atoms with Crippen LogP contribution in [0.4, 0.5) is 0 Å². The monoisotopic (exact) mass is 378 g/mol. The fourth-order valence-corrected chi connectivity index (χ4v) is 5.34. The molecule has 0 spiro atoms. The van der Waals surface area contributed by atoms with E-state index in [9.17, 15) is 14.7 Å². The Balaban J connectivity index is 1.68. The van der Waals surface area contributed by atoms with E-state index in [-0.39, 0.29) is 17.4 Å². The van der Waals surface area contributed by atoms with Gasteiger partial charge in [0, 0.05) is 29.6 Å². The van der Waals surface area contributed by atoms with E-state index in [1.165, 1.54) is 5.56 Å². The average Bonchev–Trinajstić information content (AvgIpc) is 3.06. The zero-order chi connectivity index (χ0) is 19.8. The van der Waals surface area contributed by atoms with E-state index < -0.39 is 11.9 Å². The largest absolute Gasteiger partial charge is 0.481 e. The normalized spacial score (nSPS) is 31.8. The molecule has 1 N–H and O–H groups in total. The number of carboxylic acid groups (broad SMARTS) is 1. The summed E-state index contributed by atoms with van der Waals surface area (Å²) in [6.45, 7) is 4.77. The van der Waals surface area contributed by atoms with Crippen LogP contribution in [-0.2, 0) is 11.2 Å². The van der Waals surface area contributed by atoms with Crippen LogP contribution >= 0.6 is 0 Å². The van der Waals surface area contributed by atoms with Crippen molar-refractivity contribution in [1.82, 2.24) is 9.47 Å². The predicted octanol–water partition coefficient (Wildman–Crippen LogP) is 3.67. The minimum Gasteiger partial charge on any atom is -0.481 e. The molecule has 2 heterocycles. The highest BCUT2D eigenvalue weighted by Crippen LogP contribution is 2.48. The Hall–Kier alpha value is -2.40.